The average Bonchev–Trinajstić information content (AvgIpc) is 3.11. The number of halogens is 1. The summed E-state index contributed by atoms with van der Waals surface area (Å²) in [4.78, 5) is 40.9. The molecule has 48 heavy (non-hydrogen) atoms. The molecule has 5 aromatic carbocycles. The lowest BCUT2D eigenvalue weighted by atomic mass is 10.1. The van der Waals surface area contributed by atoms with Gasteiger partial charge in [0.25, 0.3) is 11.8 Å². The van der Waals surface area contributed by atoms with Gasteiger partial charge in [0.2, 0.25) is 5.91 Å². The fourth-order valence-corrected chi connectivity index (χ4v) is 5.87. The Morgan fingerprint density at radius 2 is 1.35 bits per heavy atom. The van der Waals surface area contributed by atoms with E-state index in [4.69, 9.17) is 21.1 Å². The molecule has 0 aromatic heterocycles. The SMILES string of the molecule is COc1cc(NC(=O)C(Sc2ccc(NC(=O)/C(=C/c3cccc(Cl)c3)NC(=O)c3ccccc3)cc2)c2ccccc2)cc(OC)c1. The van der Waals surface area contributed by atoms with Crippen LogP contribution in [0.3, 0.4) is 0 Å². The third-order valence-electron chi connectivity index (χ3n) is 7.01. The van der Waals surface area contributed by atoms with Crippen molar-refractivity contribution in [2.75, 3.05) is 24.9 Å². The number of hydrogen-bond acceptors (Lipinski definition) is 6. The van der Waals surface area contributed by atoms with E-state index in [0.29, 0.717) is 39.0 Å². The summed E-state index contributed by atoms with van der Waals surface area (Å²) in [5.74, 6) is -0.0741. The fraction of sp³-hybridized carbons (Fsp3) is 0.0789. The van der Waals surface area contributed by atoms with E-state index >= 15 is 0 Å². The van der Waals surface area contributed by atoms with E-state index in [1.54, 1.807) is 105 Å². The molecule has 0 bridgehead atoms. The number of anilines is 2. The maximum atomic E-state index is 13.6. The maximum absolute atomic E-state index is 13.6. The summed E-state index contributed by atoms with van der Waals surface area (Å²) in [6.07, 6.45) is 1.56. The first-order valence-electron chi connectivity index (χ1n) is 14.8. The molecule has 5 aromatic rings. The fourth-order valence-electron chi connectivity index (χ4n) is 4.64. The summed E-state index contributed by atoms with van der Waals surface area (Å²) < 4.78 is 10.7. The van der Waals surface area contributed by atoms with Crippen molar-refractivity contribution in [3.8, 4) is 11.5 Å². The molecule has 8 nitrogen and oxygen atoms in total. The number of amides is 3. The normalized spacial score (nSPS) is 11.6. The van der Waals surface area contributed by atoms with Crippen LogP contribution in [0, 0.1) is 0 Å². The number of hydrogen-bond donors (Lipinski definition) is 3. The summed E-state index contributed by atoms with van der Waals surface area (Å²) in [5, 5.41) is 8.47. The van der Waals surface area contributed by atoms with Crippen molar-refractivity contribution in [2.24, 2.45) is 0 Å². The second kappa shape index (κ2) is 16.4. The van der Waals surface area contributed by atoms with Gasteiger partial charge in [0, 0.05) is 45.1 Å². The molecule has 0 heterocycles. The summed E-state index contributed by atoms with van der Waals surface area (Å²) in [6, 6.07) is 37.3. The van der Waals surface area contributed by atoms with Crippen LogP contribution in [0.4, 0.5) is 11.4 Å². The van der Waals surface area contributed by atoms with Gasteiger partial charge >= 0.3 is 0 Å². The predicted octanol–water partition coefficient (Wildman–Crippen LogP) is 8.24. The minimum atomic E-state index is -0.593. The zero-order valence-corrected chi connectivity index (χ0v) is 27.7. The average molecular weight is 678 g/mol. The molecular formula is C38H32ClN3O5S. The van der Waals surface area contributed by atoms with E-state index in [2.05, 4.69) is 16.0 Å². The summed E-state index contributed by atoms with van der Waals surface area (Å²) in [5.41, 5.74) is 2.95. The predicted molar refractivity (Wildman–Crippen MR) is 192 cm³/mol. The zero-order valence-electron chi connectivity index (χ0n) is 26.1. The lowest BCUT2D eigenvalue weighted by Gasteiger charge is -2.18. The molecule has 3 N–H and O–H groups in total. The van der Waals surface area contributed by atoms with Gasteiger partial charge in [0.15, 0.2) is 0 Å². The molecule has 0 saturated heterocycles. The number of nitrogens with one attached hydrogen (secondary N) is 3. The first kappa shape index (κ1) is 33.8. The van der Waals surface area contributed by atoms with Gasteiger partial charge in [-0.2, -0.15) is 0 Å². The third-order valence-corrected chi connectivity index (χ3v) is 8.52. The maximum Gasteiger partial charge on any atom is 0.272 e. The highest BCUT2D eigenvalue weighted by Gasteiger charge is 2.23. The second-order valence-electron chi connectivity index (χ2n) is 10.4. The Morgan fingerprint density at radius 1 is 0.708 bits per heavy atom. The molecule has 0 aliphatic carbocycles. The van der Waals surface area contributed by atoms with Crippen molar-refractivity contribution in [3.05, 3.63) is 155 Å². The van der Waals surface area contributed by atoms with Crippen LogP contribution >= 0.6 is 23.4 Å². The Bertz CT molecular complexity index is 1900. The molecule has 1 atom stereocenters. The number of carbonyl (C=O) groups is 3. The lowest BCUT2D eigenvalue weighted by molar-refractivity contribution is -0.116. The zero-order chi connectivity index (χ0) is 33.9. The van der Waals surface area contributed by atoms with Gasteiger partial charge in [0.1, 0.15) is 22.4 Å². The molecule has 0 spiro atoms. The number of methoxy groups -OCH3 is 2. The molecule has 3 amide bonds. The molecule has 0 aliphatic rings. The molecule has 0 fully saturated rings. The Kier molecular flexibility index (Phi) is 11.5. The minimum Gasteiger partial charge on any atom is -0.497 e. The van der Waals surface area contributed by atoms with Crippen LogP contribution in [-0.4, -0.2) is 31.9 Å². The van der Waals surface area contributed by atoms with E-state index in [1.165, 1.54) is 11.8 Å². The van der Waals surface area contributed by atoms with Gasteiger partial charge in [0.05, 0.1) is 14.2 Å². The van der Waals surface area contributed by atoms with Crippen LogP contribution in [-0.2, 0) is 9.59 Å². The Balaban J connectivity index is 1.33. The van der Waals surface area contributed by atoms with Gasteiger partial charge < -0.3 is 25.4 Å². The summed E-state index contributed by atoms with van der Waals surface area (Å²) in [7, 11) is 3.10. The largest absolute Gasteiger partial charge is 0.497 e. The van der Waals surface area contributed by atoms with E-state index in [1.807, 2.05) is 42.5 Å². The van der Waals surface area contributed by atoms with E-state index < -0.39 is 17.1 Å². The standard InChI is InChI=1S/C38H32ClN3O5S/c1-46-31-22-30(23-32(24-31)47-2)41-38(45)35(26-11-5-3-6-12-26)48-33-18-16-29(17-19-33)40-37(44)34(21-25-10-9-15-28(39)20-25)42-36(43)27-13-7-4-8-14-27/h3-24,35H,1-2H3,(H,40,44)(H,41,45)(H,42,43)/b34-21-. The quantitative estimate of drug-likeness (QED) is 0.0908. The first-order chi connectivity index (χ1) is 23.3. The number of ether oxygens (including phenoxy) is 2. The number of carbonyl (C=O) groups excluding carboxylic acids is 3. The minimum absolute atomic E-state index is 0.0413. The highest BCUT2D eigenvalue weighted by atomic mass is 35.5. The van der Waals surface area contributed by atoms with Crippen LogP contribution in [0.5, 0.6) is 11.5 Å². The van der Waals surface area contributed by atoms with Crippen LogP contribution in [0.15, 0.2) is 138 Å². The summed E-state index contributed by atoms with van der Waals surface area (Å²) >= 11 is 7.52. The van der Waals surface area contributed by atoms with Crippen LogP contribution in [0.25, 0.3) is 6.08 Å². The lowest BCUT2D eigenvalue weighted by Crippen LogP contribution is -2.30. The van der Waals surface area contributed by atoms with Gasteiger partial charge in [-0.15, -0.1) is 11.8 Å². The van der Waals surface area contributed by atoms with E-state index in [-0.39, 0.29) is 11.6 Å². The van der Waals surface area contributed by atoms with Crippen LogP contribution < -0.4 is 25.4 Å². The van der Waals surface area contributed by atoms with Crippen molar-refractivity contribution in [1.82, 2.24) is 5.32 Å². The third kappa shape index (κ3) is 9.28. The molecule has 0 radical (unpaired) electrons. The Labute approximate surface area is 288 Å². The molecular weight excluding hydrogens is 646 g/mol. The highest BCUT2D eigenvalue weighted by molar-refractivity contribution is 8.00. The molecule has 5 rings (SSSR count). The van der Waals surface area contributed by atoms with Crippen LogP contribution in [0.2, 0.25) is 5.02 Å². The topological polar surface area (TPSA) is 106 Å². The monoisotopic (exact) mass is 677 g/mol. The number of benzene rings is 5. The molecule has 10 heteroatoms. The van der Waals surface area contributed by atoms with E-state index in [9.17, 15) is 14.4 Å². The molecule has 1 unspecified atom stereocenters. The number of thioether (sulfide) groups is 1. The molecule has 242 valence electrons. The smallest absolute Gasteiger partial charge is 0.272 e. The van der Waals surface area contributed by atoms with Gasteiger partial charge in [-0.1, -0.05) is 72.3 Å². The van der Waals surface area contributed by atoms with Crippen molar-refractivity contribution in [1.29, 1.82) is 0 Å². The summed E-state index contributed by atoms with van der Waals surface area (Å²) in [6.45, 7) is 0. The van der Waals surface area contributed by atoms with Crippen molar-refractivity contribution in [2.45, 2.75) is 10.1 Å². The van der Waals surface area contributed by atoms with Crippen molar-refractivity contribution < 1.29 is 23.9 Å². The van der Waals surface area contributed by atoms with Crippen molar-refractivity contribution in [3.63, 3.8) is 0 Å². The van der Waals surface area contributed by atoms with Gasteiger partial charge in [-0.3, -0.25) is 14.4 Å². The van der Waals surface area contributed by atoms with Crippen LogP contribution in [0.1, 0.15) is 26.7 Å². The first-order valence-corrected chi connectivity index (χ1v) is 16.1. The van der Waals surface area contributed by atoms with Gasteiger partial charge in [-0.25, -0.2) is 0 Å². The Hall–Kier alpha value is -5.51. The molecule has 0 saturated carbocycles. The van der Waals surface area contributed by atoms with E-state index in [0.717, 1.165) is 10.5 Å². The molecule has 0 aliphatic heterocycles. The Morgan fingerprint density at radius 3 is 1.98 bits per heavy atom. The highest BCUT2D eigenvalue weighted by Crippen LogP contribution is 2.37. The van der Waals surface area contributed by atoms with Gasteiger partial charge in [-0.05, 0) is 65.7 Å². The second-order valence-corrected chi connectivity index (χ2v) is 12.0. The van der Waals surface area contributed by atoms with Crippen molar-refractivity contribution >= 4 is 58.5 Å². The number of rotatable bonds is 12.